The second-order valence-corrected chi connectivity index (χ2v) is 29.9. The van der Waals surface area contributed by atoms with Crippen molar-refractivity contribution in [3.8, 4) is 0 Å². The average Bonchev–Trinajstić information content (AvgIpc) is 0.933. The molecule has 0 aliphatic carbocycles. The van der Waals surface area contributed by atoms with Crippen LogP contribution in [0.3, 0.4) is 0 Å². The Morgan fingerprint density at radius 1 is 0.212 bits per heavy atom. The summed E-state index contributed by atoms with van der Waals surface area (Å²) in [6.07, 6.45) is 13.8. The molecule has 0 bridgehead atoms. The number of amides is 16. The lowest BCUT2D eigenvalue weighted by atomic mass is 10.1. The molecule has 0 rings (SSSR count). The van der Waals surface area contributed by atoms with Gasteiger partial charge in [-0.3, -0.25) is 86.3 Å². The minimum atomic E-state index is -1.04. The molecule has 0 spiro atoms. The molecule has 18 N–H and O–H groups in total. The molecule has 0 aromatic rings. The van der Waals surface area contributed by atoms with E-state index in [9.17, 15) is 86.3 Å². The molecule has 0 heterocycles. The topological polar surface area (TPSA) is 540 Å². The van der Waals surface area contributed by atoms with Crippen molar-refractivity contribution in [2.75, 3.05) is 67.5 Å². The number of carbonyl (C=O) groups excluding carboxylic acids is 16. The monoisotopic (exact) mass is 1680 g/mol. The van der Waals surface area contributed by atoms with E-state index in [-0.39, 0.29) is 195 Å². The summed E-state index contributed by atoms with van der Waals surface area (Å²) in [6, 6.07) is -4.90. The highest BCUT2D eigenvalue weighted by molar-refractivity contribution is 5.93. The van der Waals surface area contributed by atoms with Crippen LogP contribution in [0, 0.1) is 35.5 Å². The Balaban J connectivity index is -0.00000168. The zero-order valence-corrected chi connectivity index (χ0v) is 73.6. The van der Waals surface area contributed by atoms with E-state index in [4.69, 9.17) is 10.2 Å². The molecule has 0 aromatic carbocycles. The van der Waals surface area contributed by atoms with Crippen LogP contribution in [0.25, 0.3) is 0 Å². The molecule has 0 radical (unpaired) electrons. The highest BCUT2D eigenvalue weighted by atomic mass is 16.4. The lowest BCUT2D eigenvalue weighted by Gasteiger charge is -2.20. The van der Waals surface area contributed by atoms with Crippen molar-refractivity contribution >= 4 is 106 Å². The van der Waals surface area contributed by atoms with Crippen LogP contribution in [0.5, 0.6) is 0 Å². The molecule has 0 aromatic heterocycles. The zero-order chi connectivity index (χ0) is 90.1. The Hall–Kier alpha value is -9.54. The van der Waals surface area contributed by atoms with Gasteiger partial charge in [0.1, 0.15) is 36.3 Å². The SMILES string of the molecule is CC[C@H](C)C(=O)N[C@@H](CCC(=O)NC)C(=O)NCCCCCCNC(=O)[C@H](CCC(=O)NC)NC(=O)[C@@H](C)CC.CC[C@H](C)C(=O)N[C@@H](CCC(=O)NC)C(=O)NCCCCCCNC(=O)[C@H](CCC(=O)NC)NC(=O)[C@@H](C)CC.CC[C@H](C)C(=O)N[C@@H](CCC(=O)O)C(=O)NCCCCCCNC(=O)[C@H](CCC(=O)O)NC(=O)[C@@H](C)CC. The predicted molar refractivity (Wildman–Crippen MR) is 449 cm³/mol. The fourth-order valence-electron chi connectivity index (χ4n) is 10.6. The van der Waals surface area contributed by atoms with Crippen LogP contribution in [-0.2, 0) is 86.3 Å². The van der Waals surface area contributed by atoms with Crippen LogP contribution in [0.15, 0.2) is 0 Å². The van der Waals surface area contributed by atoms with Gasteiger partial charge in [-0.15, -0.1) is 0 Å². The van der Waals surface area contributed by atoms with Gasteiger partial charge in [-0.25, -0.2) is 0 Å². The Labute approximate surface area is 700 Å². The zero-order valence-electron chi connectivity index (χ0n) is 73.6. The summed E-state index contributed by atoms with van der Waals surface area (Å²) in [5.74, 6) is -7.81. The number of nitrogens with one attached hydrogen (secondary N) is 16. The fraction of sp³-hybridized carbons (Fsp3) is 0.780. The van der Waals surface area contributed by atoms with Gasteiger partial charge in [0.15, 0.2) is 0 Å². The highest BCUT2D eigenvalue weighted by Crippen LogP contribution is 2.13. The minimum Gasteiger partial charge on any atom is -0.481 e. The van der Waals surface area contributed by atoms with Crippen molar-refractivity contribution in [1.29, 1.82) is 0 Å². The molecule has 118 heavy (non-hydrogen) atoms. The van der Waals surface area contributed by atoms with Crippen molar-refractivity contribution < 1.29 is 96.5 Å². The fourth-order valence-corrected chi connectivity index (χ4v) is 10.6. The third kappa shape index (κ3) is 56.0. The van der Waals surface area contributed by atoms with Crippen molar-refractivity contribution in [1.82, 2.24) is 85.1 Å². The Kier molecular flexibility index (Phi) is 66.2. The van der Waals surface area contributed by atoms with Crippen molar-refractivity contribution in [2.24, 2.45) is 35.5 Å². The van der Waals surface area contributed by atoms with E-state index in [0.717, 1.165) is 64.2 Å². The second-order valence-electron chi connectivity index (χ2n) is 29.9. The minimum absolute atomic E-state index is 0.00824. The number of unbranched alkanes of at least 4 members (excludes halogenated alkanes) is 9. The summed E-state index contributed by atoms with van der Waals surface area (Å²) < 4.78 is 0. The van der Waals surface area contributed by atoms with Gasteiger partial charge in [0, 0.05) is 141 Å². The van der Waals surface area contributed by atoms with Gasteiger partial charge in [-0.05, 0) is 116 Å². The van der Waals surface area contributed by atoms with Crippen LogP contribution >= 0.6 is 0 Å². The summed E-state index contributed by atoms with van der Waals surface area (Å²) in [4.78, 5) is 217. The van der Waals surface area contributed by atoms with E-state index in [1.807, 2.05) is 41.5 Å². The number of carboxylic acids is 2. The second kappa shape index (κ2) is 69.4. The summed E-state index contributed by atoms with van der Waals surface area (Å²) in [5.41, 5.74) is 0. The maximum atomic E-state index is 12.7. The molecule has 0 saturated heterocycles. The number of rotatable bonds is 63. The van der Waals surface area contributed by atoms with Crippen LogP contribution < -0.4 is 85.1 Å². The molecule has 36 heteroatoms. The van der Waals surface area contributed by atoms with Gasteiger partial charge in [-0.2, -0.15) is 0 Å². The summed E-state index contributed by atoms with van der Waals surface area (Å²) in [6.45, 7) is 24.4. The normalized spacial score (nSPS) is 13.7. The van der Waals surface area contributed by atoms with Crippen molar-refractivity contribution in [3.05, 3.63) is 0 Å². The molecule has 36 nitrogen and oxygen atoms in total. The van der Waals surface area contributed by atoms with Crippen LogP contribution in [-0.4, -0.2) is 220 Å². The van der Waals surface area contributed by atoms with E-state index >= 15 is 0 Å². The van der Waals surface area contributed by atoms with Gasteiger partial charge in [0.25, 0.3) is 0 Å². The largest absolute Gasteiger partial charge is 0.481 e. The molecular weight excluding hydrogens is 1530 g/mol. The Morgan fingerprint density at radius 3 is 0.466 bits per heavy atom. The van der Waals surface area contributed by atoms with Crippen LogP contribution in [0.2, 0.25) is 0 Å². The first-order chi connectivity index (χ1) is 55.9. The molecule has 0 fully saturated rings. The first kappa shape index (κ1) is 113. The first-order valence-electron chi connectivity index (χ1n) is 42.7. The standard InChI is InChI=1S/2C28H52N6O6.C26H46N4O8/c2*1-7-19(3)25(37)33-21(13-15-23(35)29-5)27(39)31-17-11-9-10-12-18-32-28(40)22(14-16-24(36)30-6)34-26(38)20(4)8-2;1-5-17(3)23(35)29-19(11-13-21(31)32)25(37)27-15-9-7-8-10-16-28-26(38)20(12-14-22(33)34)30-24(36)18(4)6-2/h2*19-22H,7-18H2,1-6H3,(H,29,35)(H,30,36)(H,31,39)(H,32,40)(H,33,37)(H,34,38);17-20H,5-16H2,1-4H3,(H,27,37)(H,28,38)(H,29,35)(H,30,36)(H,31,32)(H,33,34)/t2*19-,20-,21-,22-;17-,18-,19-,20-/m000/s1. The molecule has 0 saturated carbocycles. The Bertz CT molecular complexity index is 2730. The van der Waals surface area contributed by atoms with E-state index in [0.29, 0.717) is 90.6 Å². The van der Waals surface area contributed by atoms with Crippen LogP contribution in [0.1, 0.15) is 276 Å². The Morgan fingerprint density at radius 2 is 0.347 bits per heavy atom. The van der Waals surface area contributed by atoms with E-state index in [1.54, 1.807) is 41.5 Å². The third-order valence-corrected chi connectivity index (χ3v) is 20.3. The number of aliphatic carboxylic acids is 2. The predicted octanol–water partition coefficient (Wildman–Crippen LogP) is 3.36. The molecule has 12 atom stereocenters. The quantitative estimate of drug-likeness (QED) is 0.0388. The maximum Gasteiger partial charge on any atom is 0.303 e. The molecule has 678 valence electrons. The van der Waals surface area contributed by atoms with E-state index < -0.39 is 60.0 Å². The smallest absolute Gasteiger partial charge is 0.303 e. The number of carboxylic acid groups (broad SMARTS) is 2. The van der Waals surface area contributed by atoms with Gasteiger partial charge >= 0.3 is 11.9 Å². The average molecular weight is 1680 g/mol. The van der Waals surface area contributed by atoms with Crippen molar-refractivity contribution in [3.63, 3.8) is 0 Å². The molecule has 0 aliphatic rings. The number of carbonyl (C=O) groups is 18. The van der Waals surface area contributed by atoms with Gasteiger partial charge in [-0.1, -0.05) is 122 Å². The highest BCUT2D eigenvalue weighted by Gasteiger charge is 2.30. The lowest BCUT2D eigenvalue weighted by Crippen LogP contribution is -2.48. The number of hydrogen-bond acceptors (Lipinski definition) is 18. The van der Waals surface area contributed by atoms with E-state index in [1.165, 1.54) is 28.2 Å². The maximum absolute atomic E-state index is 12.7. The first-order valence-corrected chi connectivity index (χ1v) is 42.7. The molecule has 16 amide bonds. The third-order valence-electron chi connectivity index (χ3n) is 20.3. The van der Waals surface area contributed by atoms with Gasteiger partial charge in [0.05, 0.1) is 0 Å². The van der Waals surface area contributed by atoms with Gasteiger partial charge < -0.3 is 95.3 Å². The van der Waals surface area contributed by atoms with Crippen LogP contribution in [0.4, 0.5) is 0 Å². The van der Waals surface area contributed by atoms with Crippen molar-refractivity contribution in [2.45, 2.75) is 312 Å². The van der Waals surface area contributed by atoms with E-state index in [2.05, 4.69) is 85.1 Å². The number of hydrogen-bond donors (Lipinski definition) is 18. The summed E-state index contributed by atoms with van der Waals surface area (Å²) >= 11 is 0. The summed E-state index contributed by atoms with van der Waals surface area (Å²) in [5, 5.41) is 61.1. The van der Waals surface area contributed by atoms with Gasteiger partial charge in [0.2, 0.25) is 94.5 Å². The lowest BCUT2D eigenvalue weighted by molar-refractivity contribution is -0.139. The molecule has 0 aliphatic heterocycles. The summed E-state index contributed by atoms with van der Waals surface area (Å²) in [7, 11) is 6.10. The molecule has 0 unspecified atom stereocenters. The molecular formula is C82H150N16O20.